The van der Waals surface area contributed by atoms with Gasteiger partial charge >= 0.3 is 12.1 Å². The van der Waals surface area contributed by atoms with E-state index in [0.29, 0.717) is 0 Å². The number of ether oxygens (including phenoxy) is 2. The molecule has 0 bridgehead atoms. The predicted octanol–water partition coefficient (Wildman–Crippen LogP) is -1.14. The number of carbonyl (C=O) groups excluding carboxylic acids is 4. The van der Waals surface area contributed by atoms with Crippen molar-refractivity contribution in [3.63, 3.8) is 0 Å². The fourth-order valence-corrected chi connectivity index (χ4v) is 2.46. The third kappa shape index (κ3) is 8.64. The highest BCUT2D eigenvalue weighted by molar-refractivity contribution is 5.94. The highest BCUT2D eigenvalue weighted by Gasteiger charge is 2.49. The first-order valence-corrected chi connectivity index (χ1v) is 9.46. The van der Waals surface area contributed by atoms with Gasteiger partial charge in [-0.2, -0.15) is 0 Å². The van der Waals surface area contributed by atoms with Crippen LogP contribution in [0.15, 0.2) is 0 Å². The molecule has 0 aliphatic carbocycles. The Morgan fingerprint density at radius 3 is 2.10 bits per heavy atom. The van der Waals surface area contributed by atoms with E-state index in [2.05, 4.69) is 16.0 Å². The molecule has 0 aromatic rings. The lowest BCUT2D eigenvalue weighted by molar-refractivity contribution is -0.142. The molecule has 1 aliphatic heterocycles. The number of nitrogens with two attached hydrogens (primary N) is 1. The third-order valence-corrected chi connectivity index (χ3v) is 3.84. The third-order valence-electron chi connectivity index (χ3n) is 3.84. The van der Waals surface area contributed by atoms with Crippen molar-refractivity contribution in [2.45, 2.75) is 70.9 Å². The molecule has 0 spiro atoms. The van der Waals surface area contributed by atoms with Crippen LogP contribution in [-0.4, -0.2) is 71.3 Å². The summed E-state index contributed by atoms with van der Waals surface area (Å²) in [5, 5.41) is 16.4. The van der Waals surface area contributed by atoms with Crippen molar-refractivity contribution >= 4 is 29.8 Å². The average molecular weight is 430 g/mol. The maximum atomic E-state index is 12.6. The van der Waals surface area contributed by atoms with E-state index in [-0.39, 0.29) is 12.3 Å². The average Bonchev–Trinajstić information content (AvgIpc) is 3.36. The van der Waals surface area contributed by atoms with Crippen LogP contribution in [0.3, 0.4) is 0 Å². The van der Waals surface area contributed by atoms with E-state index in [9.17, 15) is 29.1 Å². The molecule has 1 aliphatic rings. The van der Waals surface area contributed by atoms with Gasteiger partial charge in [-0.1, -0.05) is 13.8 Å². The first-order chi connectivity index (χ1) is 13.7. The summed E-state index contributed by atoms with van der Waals surface area (Å²) in [6, 6.07) is -2.51. The van der Waals surface area contributed by atoms with Gasteiger partial charge in [0.1, 0.15) is 17.7 Å². The zero-order chi connectivity index (χ0) is 23.2. The van der Waals surface area contributed by atoms with Gasteiger partial charge in [-0.05, 0) is 33.1 Å². The standard InChI is InChI=1S/C18H30N4O8/c1-8(2)6-9(22-17(28)30-18(3,4)5)14(24)21-10(16(26)27)7-20-15(25)12-11(29-12)13(19)23/h8-12H,6-7H2,1-5H3,(H2,19,23)(H,20,25)(H,21,24)(H,22,28)(H,26,27)/t9-,10-,11?,12?/m0/s1. The SMILES string of the molecule is CC(C)C[C@H](NC(=O)OC(C)(C)C)C(=O)N[C@@H](CNC(=O)C1OC1C(N)=O)C(=O)O. The van der Waals surface area contributed by atoms with Crippen LogP contribution < -0.4 is 21.7 Å². The smallest absolute Gasteiger partial charge is 0.408 e. The van der Waals surface area contributed by atoms with Crippen LogP contribution in [-0.2, 0) is 28.7 Å². The monoisotopic (exact) mass is 430 g/mol. The molecular formula is C18H30N4O8. The second-order valence-electron chi connectivity index (χ2n) is 8.35. The number of nitrogens with one attached hydrogen (secondary N) is 3. The van der Waals surface area contributed by atoms with Gasteiger partial charge in [0.05, 0.1) is 0 Å². The maximum absolute atomic E-state index is 12.6. The summed E-state index contributed by atoms with van der Waals surface area (Å²) in [4.78, 5) is 58.9. The van der Waals surface area contributed by atoms with Gasteiger partial charge in [-0.15, -0.1) is 0 Å². The second-order valence-corrected chi connectivity index (χ2v) is 8.35. The first kappa shape index (κ1) is 25.1. The zero-order valence-electron chi connectivity index (χ0n) is 17.7. The molecule has 12 nitrogen and oxygen atoms in total. The molecule has 4 amide bonds. The van der Waals surface area contributed by atoms with Crippen molar-refractivity contribution in [3.05, 3.63) is 0 Å². The van der Waals surface area contributed by atoms with Crippen molar-refractivity contribution in [3.8, 4) is 0 Å². The maximum Gasteiger partial charge on any atom is 0.408 e. The lowest BCUT2D eigenvalue weighted by Crippen LogP contribution is -2.55. The zero-order valence-corrected chi connectivity index (χ0v) is 17.7. The Morgan fingerprint density at radius 1 is 1.07 bits per heavy atom. The molecule has 30 heavy (non-hydrogen) atoms. The van der Waals surface area contributed by atoms with E-state index in [1.54, 1.807) is 20.8 Å². The van der Waals surface area contributed by atoms with E-state index in [4.69, 9.17) is 15.2 Å². The molecule has 4 atom stereocenters. The van der Waals surface area contributed by atoms with Crippen molar-refractivity contribution in [2.75, 3.05) is 6.54 Å². The van der Waals surface area contributed by atoms with Gasteiger partial charge in [0.25, 0.3) is 5.91 Å². The molecule has 1 fully saturated rings. The van der Waals surface area contributed by atoms with Crippen LogP contribution in [0.5, 0.6) is 0 Å². The van der Waals surface area contributed by atoms with E-state index in [0.717, 1.165) is 0 Å². The Hall–Kier alpha value is -2.89. The molecule has 0 aromatic carbocycles. The topological polar surface area (TPSA) is 189 Å². The number of carboxylic acid groups (broad SMARTS) is 1. The number of aliphatic carboxylic acids is 1. The largest absolute Gasteiger partial charge is 0.480 e. The van der Waals surface area contributed by atoms with Crippen LogP contribution in [0.4, 0.5) is 4.79 Å². The van der Waals surface area contributed by atoms with E-state index < -0.39 is 66.2 Å². The van der Waals surface area contributed by atoms with Crippen LogP contribution in [0.25, 0.3) is 0 Å². The summed E-state index contributed by atoms with van der Waals surface area (Å²) in [5.74, 6) is -3.65. The number of amides is 4. The number of carbonyl (C=O) groups is 5. The highest BCUT2D eigenvalue weighted by atomic mass is 16.6. The van der Waals surface area contributed by atoms with Crippen molar-refractivity contribution in [1.82, 2.24) is 16.0 Å². The van der Waals surface area contributed by atoms with E-state index in [1.807, 2.05) is 13.8 Å². The fraction of sp³-hybridized carbons (Fsp3) is 0.722. The van der Waals surface area contributed by atoms with Gasteiger partial charge in [-0.3, -0.25) is 14.4 Å². The number of epoxide rings is 1. The molecule has 1 rings (SSSR count). The Morgan fingerprint density at radius 2 is 1.67 bits per heavy atom. The minimum Gasteiger partial charge on any atom is -0.480 e. The van der Waals surface area contributed by atoms with Crippen molar-refractivity contribution < 1.29 is 38.6 Å². The summed E-state index contributed by atoms with van der Waals surface area (Å²) in [6.07, 6.45) is -2.70. The Balaban J connectivity index is 2.70. The Labute approximate surface area is 174 Å². The van der Waals surface area contributed by atoms with E-state index in [1.165, 1.54) is 0 Å². The van der Waals surface area contributed by atoms with Crippen molar-refractivity contribution in [2.24, 2.45) is 11.7 Å². The lowest BCUT2D eigenvalue weighted by atomic mass is 10.0. The summed E-state index contributed by atoms with van der Waals surface area (Å²) in [6.45, 7) is 8.21. The minimum absolute atomic E-state index is 0.0106. The molecule has 2 unspecified atom stereocenters. The molecule has 0 radical (unpaired) electrons. The quantitative estimate of drug-likeness (QED) is 0.269. The summed E-state index contributed by atoms with van der Waals surface area (Å²) in [7, 11) is 0. The Kier molecular flexibility index (Phi) is 8.58. The van der Waals surface area contributed by atoms with Crippen LogP contribution in [0.1, 0.15) is 41.0 Å². The molecule has 1 heterocycles. The first-order valence-electron chi connectivity index (χ1n) is 9.46. The number of carboxylic acids is 1. The van der Waals surface area contributed by atoms with Crippen LogP contribution in [0.2, 0.25) is 0 Å². The minimum atomic E-state index is -1.47. The number of hydrogen-bond acceptors (Lipinski definition) is 7. The molecule has 12 heteroatoms. The Bertz CT molecular complexity index is 688. The summed E-state index contributed by atoms with van der Waals surface area (Å²) >= 11 is 0. The van der Waals surface area contributed by atoms with Gasteiger partial charge in [0.15, 0.2) is 12.2 Å². The fourth-order valence-electron chi connectivity index (χ4n) is 2.46. The van der Waals surface area contributed by atoms with Crippen molar-refractivity contribution in [1.29, 1.82) is 0 Å². The predicted molar refractivity (Wildman–Crippen MR) is 103 cm³/mol. The highest BCUT2D eigenvalue weighted by Crippen LogP contribution is 2.21. The second kappa shape index (κ2) is 10.2. The van der Waals surface area contributed by atoms with Gasteiger partial charge in [-0.25, -0.2) is 9.59 Å². The molecule has 6 N–H and O–H groups in total. The van der Waals surface area contributed by atoms with E-state index >= 15 is 0 Å². The lowest BCUT2D eigenvalue weighted by Gasteiger charge is -2.25. The van der Waals surface area contributed by atoms with Crippen LogP contribution >= 0.6 is 0 Å². The summed E-state index contributed by atoms with van der Waals surface area (Å²) < 4.78 is 9.94. The summed E-state index contributed by atoms with van der Waals surface area (Å²) in [5.41, 5.74) is 4.23. The normalized spacial score (nSPS) is 19.9. The number of alkyl carbamates (subject to hydrolysis) is 1. The number of hydrogen-bond donors (Lipinski definition) is 5. The molecule has 170 valence electrons. The van der Waals surface area contributed by atoms with Gasteiger partial charge < -0.3 is 36.3 Å². The van der Waals surface area contributed by atoms with Gasteiger partial charge in [0, 0.05) is 6.54 Å². The van der Waals surface area contributed by atoms with Crippen LogP contribution in [0, 0.1) is 5.92 Å². The molecular weight excluding hydrogens is 400 g/mol. The van der Waals surface area contributed by atoms with Gasteiger partial charge in [0.2, 0.25) is 11.8 Å². The number of primary amides is 1. The molecule has 0 aromatic heterocycles. The molecule has 1 saturated heterocycles. The molecule has 0 saturated carbocycles. The number of rotatable bonds is 10.